The van der Waals surface area contributed by atoms with Crippen LogP contribution in [-0.2, 0) is 6.54 Å². The van der Waals surface area contributed by atoms with E-state index in [1.807, 2.05) is 0 Å². The molecular weight excluding hydrogens is 360 g/mol. The van der Waals surface area contributed by atoms with Crippen LogP contribution in [0.2, 0.25) is 0 Å². The molecule has 0 aliphatic carbocycles. The number of aryl methyl sites for hydroxylation is 1. The molecule has 0 saturated carbocycles. The number of hydrogen-bond donors (Lipinski definition) is 2. The van der Waals surface area contributed by atoms with Gasteiger partial charge in [-0.2, -0.15) is 0 Å². The number of rotatable bonds is 9. The van der Waals surface area contributed by atoms with Crippen molar-refractivity contribution in [2.24, 2.45) is 10.9 Å². The maximum atomic E-state index is 4.83. The fourth-order valence-electron chi connectivity index (χ4n) is 3.91. The van der Waals surface area contributed by atoms with E-state index in [9.17, 15) is 0 Å². The molecule has 1 unspecified atom stereocenters. The predicted octanol–water partition coefficient (Wildman–Crippen LogP) is 2.47. The lowest BCUT2D eigenvalue weighted by molar-refractivity contribution is 0.140. The molecule has 0 spiro atoms. The molecular formula is C23H38N6. The molecule has 2 N–H and O–H groups in total. The third-order valence-electron chi connectivity index (χ3n) is 5.62. The molecule has 2 aromatic rings. The Hall–Kier alpha value is -2.05. The second-order valence-electron chi connectivity index (χ2n) is 8.28. The number of aliphatic imine (C=N–C) groups is 1. The summed E-state index contributed by atoms with van der Waals surface area (Å²) in [6.07, 6.45) is 3.25. The van der Waals surface area contributed by atoms with Crippen LogP contribution in [0.25, 0.3) is 10.9 Å². The molecule has 1 aliphatic heterocycles. The molecule has 1 atom stereocenters. The first kappa shape index (κ1) is 21.7. The van der Waals surface area contributed by atoms with E-state index in [0.717, 1.165) is 45.1 Å². The molecule has 160 valence electrons. The maximum absolute atomic E-state index is 4.83. The highest BCUT2D eigenvalue weighted by Crippen LogP contribution is 2.15. The van der Waals surface area contributed by atoms with Crippen molar-refractivity contribution in [1.82, 2.24) is 25.0 Å². The highest BCUT2D eigenvalue weighted by atomic mass is 15.2. The zero-order valence-electron chi connectivity index (χ0n) is 18.4. The van der Waals surface area contributed by atoms with Gasteiger partial charge in [0.1, 0.15) is 0 Å². The second-order valence-corrected chi connectivity index (χ2v) is 8.28. The molecule has 1 aliphatic rings. The highest BCUT2D eigenvalue weighted by Gasteiger charge is 2.15. The van der Waals surface area contributed by atoms with Crippen LogP contribution < -0.4 is 10.6 Å². The Morgan fingerprint density at radius 3 is 2.69 bits per heavy atom. The lowest BCUT2D eigenvalue weighted by atomic mass is 10.1. The van der Waals surface area contributed by atoms with Crippen molar-refractivity contribution in [1.29, 1.82) is 0 Å². The summed E-state index contributed by atoms with van der Waals surface area (Å²) >= 11 is 0. The SMILES string of the molecule is CCNC(=NCC(C)CN1CCN(C)CC1)NCCCn1ccc2ccccc21. The van der Waals surface area contributed by atoms with Crippen LogP contribution in [0.3, 0.4) is 0 Å². The first-order valence-electron chi connectivity index (χ1n) is 11.1. The smallest absolute Gasteiger partial charge is 0.191 e. The van der Waals surface area contributed by atoms with Gasteiger partial charge in [0.05, 0.1) is 0 Å². The molecule has 1 aromatic carbocycles. The van der Waals surface area contributed by atoms with Gasteiger partial charge in [0.15, 0.2) is 5.96 Å². The van der Waals surface area contributed by atoms with Gasteiger partial charge in [-0.1, -0.05) is 25.1 Å². The van der Waals surface area contributed by atoms with E-state index in [1.165, 1.54) is 37.1 Å². The van der Waals surface area contributed by atoms with E-state index in [4.69, 9.17) is 4.99 Å². The van der Waals surface area contributed by atoms with Gasteiger partial charge in [-0.25, -0.2) is 0 Å². The Balaban J connectivity index is 1.40. The average Bonchev–Trinajstić information content (AvgIpc) is 3.14. The van der Waals surface area contributed by atoms with Crippen molar-refractivity contribution in [3.63, 3.8) is 0 Å². The van der Waals surface area contributed by atoms with E-state index in [0.29, 0.717) is 5.92 Å². The summed E-state index contributed by atoms with van der Waals surface area (Å²) in [4.78, 5) is 9.81. The zero-order valence-corrected chi connectivity index (χ0v) is 18.4. The Morgan fingerprint density at radius 2 is 1.90 bits per heavy atom. The quantitative estimate of drug-likeness (QED) is 0.387. The van der Waals surface area contributed by atoms with Crippen molar-refractivity contribution >= 4 is 16.9 Å². The molecule has 6 nitrogen and oxygen atoms in total. The third kappa shape index (κ3) is 6.75. The van der Waals surface area contributed by atoms with Gasteiger partial charge in [-0.3, -0.25) is 4.99 Å². The van der Waals surface area contributed by atoms with Crippen molar-refractivity contribution in [2.45, 2.75) is 26.8 Å². The number of likely N-dealkylation sites (N-methyl/N-ethyl adjacent to an activating group) is 1. The normalized spacial score (nSPS) is 17.6. The molecule has 0 radical (unpaired) electrons. The number of para-hydroxylation sites is 1. The summed E-state index contributed by atoms with van der Waals surface area (Å²) in [5, 5.41) is 8.19. The molecule has 1 fully saturated rings. The Kier molecular flexibility index (Phi) is 8.38. The van der Waals surface area contributed by atoms with Crippen molar-refractivity contribution in [3.8, 4) is 0 Å². The number of piperazine rings is 1. The zero-order chi connectivity index (χ0) is 20.5. The molecule has 2 heterocycles. The topological polar surface area (TPSA) is 47.8 Å². The minimum absolute atomic E-state index is 0.570. The van der Waals surface area contributed by atoms with Gasteiger partial charge in [-0.15, -0.1) is 0 Å². The number of aromatic nitrogens is 1. The van der Waals surface area contributed by atoms with E-state index < -0.39 is 0 Å². The fourth-order valence-corrected chi connectivity index (χ4v) is 3.91. The molecule has 0 amide bonds. The van der Waals surface area contributed by atoms with Crippen LogP contribution in [0.4, 0.5) is 0 Å². The molecule has 0 bridgehead atoms. The molecule has 1 saturated heterocycles. The van der Waals surface area contributed by atoms with Crippen molar-refractivity contribution < 1.29 is 0 Å². The Morgan fingerprint density at radius 1 is 1.10 bits per heavy atom. The third-order valence-corrected chi connectivity index (χ3v) is 5.62. The number of hydrogen-bond acceptors (Lipinski definition) is 3. The Bertz CT molecular complexity index is 760. The van der Waals surface area contributed by atoms with E-state index in [-0.39, 0.29) is 0 Å². The van der Waals surface area contributed by atoms with Gasteiger partial charge in [0.25, 0.3) is 0 Å². The predicted molar refractivity (Wildman–Crippen MR) is 124 cm³/mol. The van der Waals surface area contributed by atoms with Gasteiger partial charge in [0, 0.05) is 70.6 Å². The highest BCUT2D eigenvalue weighted by molar-refractivity contribution is 5.80. The first-order valence-corrected chi connectivity index (χ1v) is 11.1. The number of guanidine groups is 1. The van der Waals surface area contributed by atoms with Gasteiger partial charge < -0.3 is 25.0 Å². The summed E-state index contributed by atoms with van der Waals surface area (Å²) in [6, 6.07) is 10.8. The van der Waals surface area contributed by atoms with Crippen molar-refractivity contribution in [3.05, 3.63) is 36.5 Å². The average molecular weight is 399 g/mol. The molecule has 29 heavy (non-hydrogen) atoms. The summed E-state index contributed by atoms with van der Waals surface area (Å²) < 4.78 is 2.33. The van der Waals surface area contributed by atoms with E-state index in [1.54, 1.807) is 0 Å². The molecule has 6 heteroatoms. The number of nitrogens with zero attached hydrogens (tertiary/aromatic N) is 4. The van der Waals surface area contributed by atoms with Crippen LogP contribution >= 0.6 is 0 Å². The van der Waals surface area contributed by atoms with Gasteiger partial charge in [-0.05, 0) is 43.8 Å². The number of nitrogens with one attached hydrogen (secondary N) is 2. The minimum atomic E-state index is 0.570. The monoisotopic (exact) mass is 398 g/mol. The van der Waals surface area contributed by atoms with Gasteiger partial charge in [0.2, 0.25) is 0 Å². The minimum Gasteiger partial charge on any atom is -0.357 e. The Labute approximate surface area is 176 Å². The number of fused-ring (bicyclic) bond motifs is 1. The maximum Gasteiger partial charge on any atom is 0.191 e. The molecule has 3 rings (SSSR count). The standard InChI is InChI=1S/C23H38N6/c1-4-24-23(26-18-20(2)19-28-16-14-27(3)15-17-28)25-11-7-12-29-13-10-21-8-5-6-9-22(21)29/h5-6,8-10,13,20H,4,7,11-12,14-19H2,1-3H3,(H2,24,25,26). The van der Waals surface area contributed by atoms with E-state index in [2.05, 4.69) is 82.4 Å². The van der Waals surface area contributed by atoms with Gasteiger partial charge >= 0.3 is 0 Å². The second kappa shape index (κ2) is 11.2. The van der Waals surface area contributed by atoms with Crippen LogP contribution in [0.15, 0.2) is 41.5 Å². The lowest BCUT2D eigenvalue weighted by Crippen LogP contribution is -2.46. The van der Waals surface area contributed by atoms with Crippen LogP contribution in [0.1, 0.15) is 20.3 Å². The van der Waals surface area contributed by atoms with E-state index >= 15 is 0 Å². The summed E-state index contributed by atoms with van der Waals surface area (Å²) in [5.74, 6) is 1.51. The van der Waals surface area contributed by atoms with Crippen LogP contribution in [-0.4, -0.2) is 79.7 Å². The fraction of sp³-hybridized carbons (Fsp3) is 0.609. The first-order chi connectivity index (χ1) is 14.2. The lowest BCUT2D eigenvalue weighted by Gasteiger charge is -2.33. The number of benzene rings is 1. The summed E-state index contributed by atoms with van der Waals surface area (Å²) in [6.45, 7) is 14.0. The summed E-state index contributed by atoms with van der Waals surface area (Å²) in [5.41, 5.74) is 1.31. The van der Waals surface area contributed by atoms with Crippen LogP contribution in [0.5, 0.6) is 0 Å². The van der Waals surface area contributed by atoms with Crippen LogP contribution in [0, 0.1) is 5.92 Å². The molecule has 1 aromatic heterocycles. The van der Waals surface area contributed by atoms with Crippen molar-refractivity contribution in [2.75, 3.05) is 59.4 Å². The largest absolute Gasteiger partial charge is 0.357 e. The summed E-state index contributed by atoms with van der Waals surface area (Å²) in [7, 11) is 2.21.